The predicted octanol–water partition coefficient (Wildman–Crippen LogP) is 3.53. The summed E-state index contributed by atoms with van der Waals surface area (Å²) >= 11 is 2.34. The van der Waals surface area contributed by atoms with Crippen LogP contribution < -0.4 is 5.32 Å². The smallest absolute Gasteiger partial charge is 0.135 e. The largest absolute Gasteiger partial charge is 0.459 e. The van der Waals surface area contributed by atoms with Gasteiger partial charge in [-0.15, -0.1) is 0 Å². The molecule has 3 nitrogen and oxygen atoms in total. The highest BCUT2D eigenvalue weighted by atomic mass is 127. The monoisotopic (exact) mass is 383 g/mol. The Labute approximate surface area is 132 Å². The Morgan fingerprint density at radius 2 is 2.15 bits per heavy atom. The molecule has 3 heterocycles. The van der Waals surface area contributed by atoms with Crippen molar-refractivity contribution in [1.82, 2.24) is 5.32 Å². The van der Waals surface area contributed by atoms with Crippen molar-refractivity contribution in [3.8, 4) is 0 Å². The van der Waals surface area contributed by atoms with Crippen molar-refractivity contribution in [2.45, 2.75) is 31.2 Å². The number of furan rings is 1. The Kier molecular flexibility index (Phi) is 2.76. The van der Waals surface area contributed by atoms with Crippen molar-refractivity contribution in [1.29, 1.82) is 0 Å². The zero-order chi connectivity index (χ0) is 14.0. The molecule has 20 heavy (non-hydrogen) atoms. The molecule has 1 saturated heterocycles. The standard InChI is InChI=1S/C16H18INO2/c1-15(2)8-18-16(5-6-19-9-16)14-13(15)11-4-3-10(17)7-12(11)20-14/h3-4,7,18H,5-6,8-9H2,1-2H3. The lowest BCUT2D eigenvalue weighted by Crippen LogP contribution is -2.53. The topological polar surface area (TPSA) is 34.4 Å². The van der Waals surface area contributed by atoms with Crippen molar-refractivity contribution >= 4 is 33.6 Å². The van der Waals surface area contributed by atoms with E-state index in [1.807, 2.05) is 0 Å². The molecule has 106 valence electrons. The molecule has 4 rings (SSSR count). The van der Waals surface area contributed by atoms with Gasteiger partial charge in [-0.25, -0.2) is 0 Å². The SMILES string of the molecule is CC1(C)CNC2(CCOC2)c2oc3cc(I)ccc3c21. The maximum Gasteiger partial charge on any atom is 0.135 e. The molecular weight excluding hydrogens is 365 g/mol. The number of hydrogen-bond donors (Lipinski definition) is 1. The average molecular weight is 383 g/mol. The zero-order valence-electron chi connectivity index (χ0n) is 11.8. The van der Waals surface area contributed by atoms with Crippen LogP contribution in [-0.2, 0) is 15.7 Å². The first kappa shape index (κ1) is 13.1. The number of rotatable bonds is 0. The molecule has 4 heteroatoms. The van der Waals surface area contributed by atoms with E-state index in [9.17, 15) is 0 Å². The summed E-state index contributed by atoms with van der Waals surface area (Å²) in [6, 6.07) is 6.50. The molecule has 2 aliphatic heterocycles. The minimum Gasteiger partial charge on any atom is -0.459 e. The number of benzene rings is 1. The van der Waals surface area contributed by atoms with Crippen LogP contribution in [0, 0.1) is 3.57 Å². The second-order valence-electron chi connectivity index (χ2n) is 6.57. The van der Waals surface area contributed by atoms with E-state index in [0.29, 0.717) is 6.61 Å². The Morgan fingerprint density at radius 1 is 1.30 bits per heavy atom. The predicted molar refractivity (Wildman–Crippen MR) is 87.1 cm³/mol. The van der Waals surface area contributed by atoms with Gasteiger partial charge in [0.25, 0.3) is 0 Å². The van der Waals surface area contributed by atoms with E-state index >= 15 is 0 Å². The first-order chi connectivity index (χ1) is 9.52. The lowest BCUT2D eigenvalue weighted by Gasteiger charge is -2.40. The first-order valence-corrected chi connectivity index (χ1v) is 8.16. The van der Waals surface area contributed by atoms with Crippen molar-refractivity contribution in [3.05, 3.63) is 33.1 Å². The maximum atomic E-state index is 6.30. The highest BCUT2D eigenvalue weighted by molar-refractivity contribution is 14.1. The summed E-state index contributed by atoms with van der Waals surface area (Å²) in [5.74, 6) is 1.10. The number of nitrogens with one attached hydrogen (secondary N) is 1. The lowest BCUT2D eigenvalue weighted by atomic mass is 9.74. The van der Waals surface area contributed by atoms with Crippen molar-refractivity contribution in [2.24, 2.45) is 0 Å². The van der Waals surface area contributed by atoms with Gasteiger partial charge in [-0.3, -0.25) is 0 Å². The molecule has 1 N–H and O–H groups in total. The summed E-state index contributed by atoms with van der Waals surface area (Å²) in [6.07, 6.45) is 0.993. The van der Waals surface area contributed by atoms with E-state index in [2.05, 4.69) is 60.0 Å². The maximum absolute atomic E-state index is 6.30. The van der Waals surface area contributed by atoms with Gasteiger partial charge in [0.05, 0.1) is 6.61 Å². The van der Waals surface area contributed by atoms with E-state index < -0.39 is 0 Å². The molecule has 0 radical (unpaired) electrons. The van der Waals surface area contributed by atoms with Crippen LogP contribution in [0.5, 0.6) is 0 Å². The van der Waals surface area contributed by atoms with E-state index in [1.165, 1.54) is 14.5 Å². The second kappa shape index (κ2) is 4.21. The van der Waals surface area contributed by atoms with Crippen LogP contribution >= 0.6 is 22.6 Å². The summed E-state index contributed by atoms with van der Waals surface area (Å²) in [4.78, 5) is 0. The van der Waals surface area contributed by atoms with Crippen LogP contribution in [0.2, 0.25) is 0 Å². The second-order valence-corrected chi connectivity index (χ2v) is 7.81. The Bertz CT molecular complexity index is 683. The number of fused-ring (bicyclic) bond motifs is 4. The van der Waals surface area contributed by atoms with E-state index in [4.69, 9.17) is 9.15 Å². The van der Waals surface area contributed by atoms with Gasteiger partial charge in [0.2, 0.25) is 0 Å². The summed E-state index contributed by atoms with van der Waals surface area (Å²) in [5, 5.41) is 4.96. The van der Waals surface area contributed by atoms with Gasteiger partial charge >= 0.3 is 0 Å². The van der Waals surface area contributed by atoms with Crippen LogP contribution in [0.15, 0.2) is 22.6 Å². The third-order valence-corrected chi connectivity index (χ3v) is 5.32. The summed E-state index contributed by atoms with van der Waals surface area (Å²) in [6.45, 7) is 7.06. The number of ether oxygens (including phenoxy) is 1. The molecule has 2 aliphatic rings. The van der Waals surface area contributed by atoms with Gasteiger partial charge in [0, 0.05) is 33.1 Å². The molecule has 2 aromatic rings. The van der Waals surface area contributed by atoms with Crippen LogP contribution in [0.25, 0.3) is 11.0 Å². The van der Waals surface area contributed by atoms with Crippen molar-refractivity contribution in [3.63, 3.8) is 0 Å². The van der Waals surface area contributed by atoms with Gasteiger partial charge in [-0.1, -0.05) is 13.8 Å². The molecule has 0 amide bonds. The molecule has 0 bridgehead atoms. The highest BCUT2D eigenvalue weighted by Gasteiger charge is 2.48. The van der Waals surface area contributed by atoms with E-state index in [1.54, 1.807) is 0 Å². The molecule has 1 unspecified atom stereocenters. The number of halogens is 1. The third kappa shape index (κ3) is 1.71. The van der Waals surface area contributed by atoms with Gasteiger partial charge < -0.3 is 14.5 Å². The fourth-order valence-electron chi connectivity index (χ4n) is 3.52. The molecule has 1 fully saturated rings. The summed E-state index contributed by atoms with van der Waals surface area (Å²) < 4.78 is 13.2. The molecule has 1 aromatic carbocycles. The Morgan fingerprint density at radius 3 is 2.90 bits per heavy atom. The molecule has 0 aliphatic carbocycles. The zero-order valence-corrected chi connectivity index (χ0v) is 13.9. The molecule has 1 spiro atoms. The van der Waals surface area contributed by atoms with Gasteiger partial charge in [0.15, 0.2) is 0 Å². The van der Waals surface area contributed by atoms with E-state index in [0.717, 1.165) is 30.9 Å². The van der Waals surface area contributed by atoms with Crippen LogP contribution in [0.4, 0.5) is 0 Å². The molecule has 0 saturated carbocycles. The third-order valence-electron chi connectivity index (χ3n) is 4.65. The van der Waals surface area contributed by atoms with E-state index in [-0.39, 0.29) is 11.0 Å². The fourth-order valence-corrected chi connectivity index (χ4v) is 3.98. The van der Waals surface area contributed by atoms with Crippen LogP contribution in [-0.4, -0.2) is 19.8 Å². The number of hydrogen-bond acceptors (Lipinski definition) is 3. The normalized spacial score (nSPS) is 28.1. The Balaban J connectivity index is 2.04. The minimum absolute atomic E-state index is 0.0845. The van der Waals surface area contributed by atoms with Gasteiger partial charge in [0.1, 0.15) is 16.9 Å². The molecule has 1 aromatic heterocycles. The average Bonchev–Trinajstić information content (AvgIpc) is 3.00. The van der Waals surface area contributed by atoms with Crippen molar-refractivity contribution < 1.29 is 9.15 Å². The van der Waals surface area contributed by atoms with Crippen LogP contribution in [0.3, 0.4) is 0 Å². The minimum atomic E-state index is -0.116. The fraction of sp³-hybridized carbons (Fsp3) is 0.500. The van der Waals surface area contributed by atoms with Gasteiger partial charge in [-0.05, 0) is 47.2 Å². The van der Waals surface area contributed by atoms with Gasteiger partial charge in [-0.2, -0.15) is 0 Å². The Hall–Kier alpha value is -0.590. The lowest BCUT2D eigenvalue weighted by molar-refractivity contribution is 0.144. The summed E-state index contributed by atoms with van der Waals surface area (Å²) in [5.41, 5.74) is 2.34. The van der Waals surface area contributed by atoms with Crippen molar-refractivity contribution in [2.75, 3.05) is 19.8 Å². The molecule has 1 atom stereocenters. The highest BCUT2D eigenvalue weighted by Crippen LogP contribution is 2.46. The first-order valence-electron chi connectivity index (χ1n) is 7.08. The summed E-state index contributed by atoms with van der Waals surface area (Å²) in [7, 11) is 0. The molecular formula is C16H18INO2. The quantitative estimate of drug-likeness (QED) is 0.707. The van der Waals surface area contributed by atoms with Crippen LogP contribution in [0.1, 0.15) is 31.6 Å².